The second kappa shape index (κ2) is 6.24. The highest BCUT2D eigenvalue weighted by atomic mass is 16.5. The van der Waals surface area contributed by atoms with E-state index in [2.05, 4.69) is 19.9 Å². The molecule has 138 valence electrons. The number of H-pyrrole nitrogens is 2. The van der Waals surface area contributed by atoms with Crippen molar-refractivity contribution in [3.63, 3.8) is 0 Å². The normalized spacial score (nSPS) is 15.7. The van der Waals surface area contributed by atoms with E-state index in [9.17, 15) is 4.79 Å². The Hall–Kier alpha value is -3.13. The van der Waals surface area contributed by atoms with Crippen LogP contribution in [-0.2, 0) is 11.3 Å². The first-order valence-corrected chi connectivity index (χ1v) is 9.08. The molecule has 0 bridgehead atoms. The smallest absolute Gasteiger partial charge is 0.327 e. The van der Waals surface area contributed by atoms with Crippen molar-refractivity contribution in [1.29, 1.82) is 0 Å². The lowest BCUT2D eigenvalue weighted by molar-refractivity contribution is 0.0613. The predicted molar refractivity (Wildman–Crippen MR) is 103 cm³/mol. The minimum absolute atomic E-state index is 0.121. The molecule has 4 aromatic rings. The Morgan fingerprint density at radius 3 is 2.70 bits per heavy atom. The zero-order valence-corrected chi connectivity index (χ0v) is 14.7. The quantitative estimate of drug-likeness (QED) is 0.516. The molecule has 0 amide bonds. The highest BCUT2D eigenvalue weighted by Crippen LogP contribution is 2.27. The highest BCUT2D eigenvalue weighted by molar-refractivity contribution is 5.92. The second-order valence-corrected chi connectivity index (χ2v) is 7.05. The van der Waals surface area contributed by atoms with Crippen molar-refractivity contribution in [1.82, 2.24) is 24.5 Å². The minimum Gasteiger partial charge on any atom is -0.397 e. The Morgan fingerprint density at radius 1 is 1.15 bits per heavy atom. The van der Waals surface area contributed by atoms with E-state index in [1.54, 1.807) is 23.2 Å². The molecule has 0 radical (unpaired) electrons. The van der Waals surface area contributed by atoms with Gasteiger partial charge >= 0.3 is 5.69 Å². The molecule has 1 saturated heterocycles. The number of aromatic amines is 2. The summed E-state index contributed by atoms with van der Waals surface area (Å²) in [6.07, 6.45) is 7.22. The van der Waals surface area contributed by atoms with Crippen molar-refractivity contribution in [3.05, 3.63) is 41.2 Å². The number of nitrogens with one attached hydrogen (secondary N) is 2. The van der Waals surface area contributed by atoms with Gasteiger partial charge in [0.05, 0.1) is 11.2 Å². The zero-order chi connectivity index (χ0) is 18.4. The summed E-state index contributed by atoms with van der Waals surface area (Å²) in [5, 5.41) is 0.876. The molecule has 0 spiro atoms. The summed E-state index contributed by atoms with van der Waals surface area (Å²) in [4.78, 5) is 27.2. The third kappa shape index (κ3) is 2.78. The molecule has 4 aromatic heterocycles. The molecule has 1 aliphatic rings. The predicted octanol–water partition coefficient (Wildman–Crippen LogP) is 2.28. The van der Waals surface area contributed by atoms with Gasteiger partial charge in [0.2, 0.25) is 0 Å². The average Bonchev–Trinajstić information content (AvgIpc) is 3.22. The van der Waals surface area contributed by atoms with Crippen LogP contribution in [0.5, 0.6) is 0 Å². The molecule has 0 unspecified atom stereocenters. The largest absolute Gasteiger partial charge is 0.397 e. The van der Waals surface area contributed by atoms with Gasteiger partial charge in [-0.3, -0.25) is 9.55 Å². The summed E-state index contributed by atoms with van der Waals surface area (Å²) in [5.74, 6) is 0.441. The van der Waals surface area contributed by atoms with Gasteiger partial charge in [0.1, 0.15) is 5.65 Å². The number of pyridine rings is 2. The van der Waals surface area contributed by atoms with Gasteiger partial charge in [-0.05, 0) is 30.9 Å². The van der Waals surface area contributed by atoms with Gasteiger partial charge in [-0.25, -0.2) is 14.8 Å². The Labute approximate surface area is 154 Å². The van der Waals surface area contributed by atoms with E-state index in [4.69, 9.17) is 10.5 Å². The number of anilines is 1. The number of rotatable bonds is 3. The Kier molecular flexibility index (Phi) is 3.71. The third-order valence-electron chi connectivity index (χ3n) is 5.31. The average molecular weight is 364 g/mol. The number of fused-ring (bicyclic) bond motifs is 2. The molecule has 4 N–H and O–H groups in total. The molecule has 0 aromatic carbocycles. The number of nitrogen functional groups attached to an aromatic ring is 1. The van der Waals surface area contributed by atoms with Gasteiger partial charge in [-0.2, -0.15) is 0 Å². The summed E-state index contributed by atoms with van der Waals surface area (Å²) < 4.78 is 7.21. The number of nitrogens with zero attached hydrogens (tertiary/aromatic N) is 3. The maximum atomic E-state index is 12.4. The zero-order valence-electron chi connectivity index (χ0n) is 14.7. The van der Waals surface area contributed by atoms with Crippen molar-refractivity contribution in [2.24, 2.45) is 5.92 Å². The monoisotopic (exact) mass is 364 g/mol. The molecule has 8 nitrogen and oxygen atoms in total. The Bertz CT molecular complexity index is 1180. The maximum Gasteiger partial charge on any atom is 0.327 e. The summed E-state index contributed by atoms with van der Waals surface area (Å²) in [6.45, 7) is 2.19. The van der Waals surface area contributed by atoms with Gasteiger partial charge < -0.3 is 15.5 Å². The Balaban J connectivity index is 1.58. The van der Waals surface area contributed by atoms with Crippen LogP contribution in [0.15, 0.2) is 35.5 Å². The van der Waals surface area contributed by atoms with Crippen molar-refractivity contribution in [2.75, 3.05) is 18.9 Å². The molecule has 27 heavy (non-hydrogen) atoms. The van der Waals surface area contributed by atoms with Gasteiger partial charge in [-0.1, -0.05) is 0 Å². The van der Waals surface area contributed by atoms with Crippen LogP contribution in [0.1, 0.15) is 12.8 Å². The first-order valence-electron chi connectivity index (χ1n) is 9.08. The molecular weight excluding hydrogens is 344 g/mol. The van der Waals surface area contributed by atoms with Crippen molar-refractivity contribution in [3.8, 4) is 11.1 Å². The SMILES string of the molecule is Nc1c[nH]c2ncc(-c3cnc4[nH]c(=O)n(CC5CCOCC5)c4c3)cc12. The molecule has 5 heterocycles. The molecule has 8 heteroatoms. The fourth-order valence-corrected chi connectivity index (χ4v) is 3.74. The van der Waals surface area contributed by atoms with E-state index < -0.39 is 0 Å². The number of ether oxygens (including phenoxy) is 1. The number of imidazole rings is 1. The van der Waals surface area contributed by atoms with E-state index in [-0.39, 0.29) is 5.69 Å². The van der Waals surface area contributed by atoms with Gasteiger partial charge in [0.25, 0.3) is 0 Å². The number of nitrogens with two attached hydrogens (primary N) is 1. The van der Waals surface area contributed by atoms with Crippen molar-refractivity contribution in [2.45, 2.75) is 19.4 Å². The summed E-state index contributed by atoms with van der Waals surface area (Å²) in [6, 6.07) is 3.98. The van der Waals surface area contributed by atoms with Gasteiger partial charge in [-0.15, -0.1) is 0 Å². The first-order chi connectivity index (χ1) is 13.2. The maximum absolute atomic E-state index is 12.4. The van der Waals surface area contributed by atoms with Crippen molar-refractivity contribution >= 4 is 27.9 Å². The standard InChI is InChI=1S/C19H20N6O2/c20-15-9-23-17-14(15)5-12(7-21-17)13-6-16-18(22-8-13)24-19(26)25(16)10-11-1-3-27-4-2-11/h5-9,11H,1-4,10,20H2,(H,21,23)(H,22,24,26). The molecule has 1 aliphatic heterocycles. The van der Waals surface area contributed by atoms with Crippen LogP contribution >= 0.6 is 0 Å². The number of hydrogen-bond donors (Lipinski definition) is 3. The van der Waals surface area contributed by atoms with E-state index in [1.807, 2.05) is 12.1 Å². The van der Waals surface area contributed by atoms with Crippen LogP contribution in [0, 0.1) is 5.92 Å². The van der Waals surface area contributed by atoms with E-state index in [0.29, 0.717) is 23.8 Å². The summed E-state index contributed by atoms with van der Waals surface area (Å²) >= 11 is 0. The topological polar surface area (TPSA) is 115 Å². The van der Waals surface area contributed by atoms with E-state index in [1.165, 1.54) is 0 Å². The van der Waals surface area contributed by atoms with Crippen LogP contribution < -0.4 is 11.4 Å². The lowest BCUT2D eigenvalue weighted by Gasteiger charge is -2.22. The lowest BCUT2D eigenvalue weighted by Crippen LogP contribution is -2.25. The highest BCUT2D eigenvalue weighted by Gasteiger charge is 2.18. The van der Waals surface area contributed by atoms with Gasteiger partial charge in [0.15, 0.2) is 5.65 Å². The molecule has 0 atom stereocenters. The van der Waals surface area contributed by atoms with Crippen molar-refractivity contribution < 1.29 is 4.74 Å². The van der Waals surface area contributed by atoms with Crippen LogP contribution in [-0.4, -0.2) is 37.7 Å². The molecule has 5 rings (SSSR count). The second-order valence-electron chi connectivity index (χ2n) is 7.05. The fraction of sp³-hybridized carbons (Fsp3) is 0.316. The molecule has 1 fully saturated rings. The molecule has 0 saturated carbocycles. The van der Waals surface area contributed by atoms with E-state index in [0.717, 1.165) is 53.7 Å². The fourth-order valence-electron chi connectivity index (χ4n) is 3.74. The van der Waals surface area contributed by atoms with Crippen LogP contribution in [0.2, 0.25) is 0 Å². The number of aromatic nitrogens is 5. The third-order valence-corrected chi connectivity index (χ3v) is 5.31. The lowest BCUT2D eigenvalue weighted by atomic mass is 10.0. The van der Waals surface area contributed by atoms with Crippen LogP contribution in [0.25, 0.3) is 33.3 Å². The van der Waals surface area contributed by atoms with Crippen LogP contribution in [0.3, 0.4) is 0 Å². The van der Waals surface area contributed by atoms with E-state index >= 15 is 0 Å². The number of hydrogen-bond acceptors (Lipinski definition) is 5. The molecule has 0 aliphatic carbocycles. The molecular formula is C19H20N6O2. The first kappa shape index (κ1) is 16.1. The van der Waals surface area contributed by atoms with Gasteiger partial charge in [0, 0.05) is 54.9 Å². The Morgan fingerprint density at radius 2 is 1.89 bits per heavy atom. The summed E-state index contributed by atoms with van der Waals surface area (Å²) in [5.41, 5.74) is 10.5. The summed E-state index contributed by atoms with van der Waals surface area (Å²) in [7, 11) is 0. The van der Waals surface area contributed by atoms with Crippen LogP contribution in [0.4, 0.5) is 5.69 Å². The minimum atomic E-state index is -0.121.